The highest BCUT2D eigenvalue weighted by Gasteiger charge is 2.30. The van der Waals surface area contributed by atoms with Crippen LogP contribution in [0.2, 0.25) is 0 Å². The highest BCUT2D eigenvalue weighted by Crippen LogP contribution is 2.45. The largest absolute Gasteiger partial charge is 0.472 e. The van der Waals surface area contributed by atoms with Crippen molar-refractivity contribution in [2.75, 3.05) is 39.6 Å². The van der Waals surface area contributed by atoms with E-state index in [0.717, 1.165) is 121 Å². The second-order valence-electron chi connectivity index (χ2n) is 27.5. The first-order chi connectivity index (χ1) is 46.5. The van der Waals surface area contributed by atoms with Crippen LogP contribution in [0.15, 0.2) is 24.3 Å². The van der Waals surface area contributed by atoms with Gasteiger partial charge in [0.1, 0.15) is 19.3 Å². The molecular formula is C77H146O17P2. The highest BCUT2D eigenvalue weighted by atomic mass is 31.2. The fourth-order valence-electron chi connectivity index (χ4n) is 11.3. The van der Waals surface area contributed by atoms with E-state index in [1.165, 1.54) is 180 Å². The molecule has 0 bridgehead atoms. The molecule has 0 saturated carbocycles. The van der Waals surface area contributed by atoms with Gasteiger partial charge in [-0.1, -0.05) is 329 Å². The molecule has 0 aliphatic carbocycles. The summed E-state index contributed by atoms with van der Waals surface area (Å²) in [7, 11) is -9.91. The average Bonchev–Trinajstić information content (AvgIpc) is 1.12. The van der Waals surface area contributed by atoms with Gasteiger partial charge in [-0.05, 0) is 57.3 Å². The van der Waals surface area contributed by atoms with Crippen LogP contribution in [0.25, 0.3) is 0 Å². The van der Waals surface area contributed by atoms with Crippen molar-refractivity contribution in [2.24, 2.45) is 5.92 Å². The Morgan fingerprint density at radius 3 is 0.854 bits per heavy atom. The fraction of sp³-hybridized carbons (Fsp3) is 0.896. The first-order valence-corrected chi connectivity index (χ1v) is 42.4. The molecule has 2 unspecified atom stereocenters. The average molecular weight is 1410 g/mol. The fourth-order valence-corrected chi connectivity index (χ4v) is 12.9. The predicted octanol–water partition coefficient (Wildman–Crippen LogP) is 22.4. The van der Waals surface area contributed by atoms with E-state index in [1.807, 2.05) is 0 Å². The molecule has 566 valence electrons. The number of aliphatic hydroxyl groups excluding tert-OH is 1. The second-order valence-corrected chi connectivity index (χ2v) is 30.4. The molecular weight excluding hydrogens is 1260 g/mol. The van der Waals surface area contributed by atoms with Crippen molar-refractivity contribution in [1.82, 2.24) is 0 Å². The second kappa shape index (κ2) is 69.6. The number of phosphoric ester groups is 2. The smallest absolute Gasteiger partial charge is 0.462 e. The van der Waals surface area contributed by atoms with Gasteiger partial charge in [-0.15, -0.1) is 0 Å². The Balaban J connectivity index is 5.15. The Kier molecular flexibility index (Phi) is 67.8. The summed E-state index contributed by atoms with van der Waals surface area (Å²) in [5, 5.41) is 10.6. The summed E-state index contributed by atoms with van der Waals surface area (Å²) in [4.78, 5) is 72.5. The molecule has 0 aliphatic heterocycles. The van der Waals surface area contributed by atoms with Gasteiger partial charge >= 0.3 is 39.5 Å². The zero-order chi connectivity index (χ0) is 70.5. The molecule has 0 saturated heterocycles. The molecule has 3 N–H and O–H groups in total. The molecule has 19 heteroatoms. The number of carbonyl (C=O) groups is 4. The Morgan fingerprint density at radius 1 is 0.323 bits per heavy atom. The first kappa shape index (κ1) is 93.5. The number of unbranched alkanes of at least 4 members (excludes halogenated alkanes) is 44. The number of esters is 4. The van der Waals surface area contributed by atoms with E-state index in [0.29, 0.717) is 25.7 Å². The molecule has 0 heterocycles. The van der Waals surface area contributed by atoms with Gasteiger partial charge in [0.05, 0.1) is 26.4 Å². The lowest BCUT2D eigenvalue weighted by Crippen LogP contribution is -2.30. The summed E-state index contributed by atoms with van der Waals surface area (Å²) < 4.78 is 68.3. The number of rotatable bonds is 75. The Bertz CT molecular complexity index is 1930. The van der Waals surface area contributed by atoms with Crippen LogP contribution in [0.4, 0.5) is 0 Å². The minimum atomic E-state index is -4.96. The predicted molar refractivity (Wildman–Crippen MR) is 391 cm³/mol. The molecule has 0 aliphatic rings. The van der Waals surface area contributed by atoms with Gasteiger partial charge in [-0.2, -0.15) is 0 Å². The van der Waals surface area contributed by atoms with E-state index in [9.17, 15) is 43.2 Å². The van der Waals surface area contributed by atoms with Crippen LogP contribution in [0.3, 0.4) is 0 Å². The van der Waals surface area contributed by atoms with Crippen molar-refractivity contribution in [1.29, 1.82) is 0 Å². The third kappa shape index (κ3) is 70.0. The molecule has 5 atom stereocenters. The van der Waals surface area contributed by atoms with Crippen LogP contribution >= 0.6 is 15.6 Å². The molecule has 0 aromatic carbocycles. The van der Waals surface area contributed by atoms with Gasteiger partial charge in [-0.3, -0.25) is 37.3 Å². The summed E-state index contributed by atoms with van der Waals surface area (Å²) in [5.74, 6) is -1.34. The molecule has 96 heavy (non-hydrogen) atoms. The van der Waals surface area contributed by atoms with E-state index >= 15 is 0 Å². The number of phosphoric acid groups is 2. The highest BCUT2D eigenvalue weighted by molar-refractivity contribution is 7.47. The summed E-state index contributed by atoms with van der Waals surface area (Å²) in [6.07, 6.45) is 62.3. The van der Waals surface area contributed by atoms with Crippen molar-refractivity contribution in [2.45, 2.75) is 400 Å². The lowest BCUT2D eigenvalue weighted by Gasteiger charge is -2.21. The Labute approximate surface area is 586 Å². The SMILES string of the molecule is CCCCCC/C=C\C=C/CCCCCCCC(=O)OC[C@H](COP(=O)(O)OC[C@@H](O)COP(=O)(O)OC[C@@H](COC(=O)CCCCCCC)OC(=O)CCCCCCCCCCCCCCCCC)OC(=O)CCCCCCCCCCCCCCCCCCCCC(C)C. The maximum absolute atomic E-state index is 13.1. The molecule has 0 rings (SSSR count). The quantitative estimate of drug-likeness (QED) is 0.0169. The van der Waals surface area contributed by atoms with Crippen LogP contribution in [-0.4, -0.2) is 96.7 Å². The van der Waals surface area contributed by atoms with E-state index in [2.05, 4.69) is 58.9 Å². The first-order valence-electron chi connectivity index (χ1n) is 39.5. The van der Waals surface area contributed by atoms with Gasteiger partial charge in [-0.25, -0.2) is 9.13 Å². The summed E-state index contributed by atoms with van der Waals surface area (Å²) >= 11 is 0. The zero-order valence-electron chi connectivity index (χ0n) is 62.0. The number of carbonyl (C=O) groups excluding carboxylic acids is 4. The molecule has 0 aromatic rings. The van der Waals surface area contributed by atoms with Crippen molar-refractivity contribution < 1.29 is 80.2 Å². The normalized spacial score (nSPS) is 14.1. The van der Waals surface area contributed by atoms with Gasteiger partial charge < -0.3 is 33.8 Å². The molecule has 0 fully saturated rings. The van der Waals surface area contributed by atoms with Crippen LogP contribution in [0, 0.1) is 5.92 Å². The Morgan fingerprint density at radius 2 is 0.562 bits per heavy atom. The lowest BCUT2D eigenvalue weighted by molar-refractivity contribution is -0.161. The molecule has 0 aromatic heterocycles. The number of aliphatic hydroxyl groups is 1. The van der Waals surface area contributed by atoms with Crippen molar-refractivity contribution in [3.05, 3.63) is 24.3 Å². The molecule has 0 radical (unpaired) electrons. The number of hydrogen-bond donors (Lipinski definition) is 3. The summed E-state index contributed by atoms with van der Waals surface area (Å²) in [6.45, 7) is 7.18. The summed E-state index contributed by atoms with van der Waals surface area (Å²) in [6, 6.07) is 0. The molecule has 17 nitrogen and oxygen atoms in total. The molecule has 0 spiro atoms. The lowest BCUT2D eigenvalue weighted by atomic mass is 10.0. The van der Waals surface area contributed by atoms with E-state index in [4.69, 9.17) is 37.0 Å². The Hall–Kier alpha value is -2.46. The summed E-state index contributed by atoms with van der Waals surface area (Å²) in [5.41, 5.74) is 0. The molecule has 0 amide bonds. The van der Waals surface area contributed by atoms with Crippen LogP contribution in [0.5, 0.6) is 0 Å². The maximum atomic E-state index is 13.1. The van der Waals surface area contributed by atoms with Crippen molar-refractivity contribution in [3.63, 3.8) is 0 Å². The van der Waals surface area contributed by atoms with Crippen LogP contribution < -0.4 is 0 Å². The van der Waals surface area contributed by atoms with E-state index < -0.39 is 97.5 Å². The van der Waals surface area contributed by atoms with Gasteiger partial charge in [0.25, 0.3) is 0 Å². The van der Waals surface area contributed by atoms with Gasteiger partial charge in [0.2, 0.25) is 0 Å². The maximum Gasteiger partial charge on any atom is 0.472 e. The van der Waals surface area contributed by atoms with Crippen LogP contribution in [-0.2, 0) is 65.4 Å². The van der Waals surface area contributed by atoms with E-state index in [-0.39, 0.29) is 25.7 Å². The minimum absolute atomic E-state index is 0.102. The monoisotopic (exact) mass is 1410 g/mol. The zero-order valence-corrected chi connectivity index (χ0v) is 63.8. The van der Waals surface area contributed by atoms with E-state index in [1.54, 1.807) is 0 Å². The number of hydrogen-bond acceptors (Lipinski definition) is 15. The topological polar surface area (TPSA) is 237 Å². The van der Waals surface area contributed by atoms with Crippen molar-refractivity contribution in [3.8, 4) is 0 Å². The standard InChI is InChI=1S/C77H146O17P2/c1-6-9-12-15-17-19-21-23-29-34-38-42-46-51-56-61-75(80)88-67-73(94-77(82)63-58-53-48-44-40-36-32-28-26-25-27-31-33-37-41-45-50-54-59-70(4)5)69-92-96(85,86)90-65-71(78)64-89-95(83,84)91-68-72(66-87-74(79)60-55-49-14-11-8-3)93-76(81)62-57-52-47-43-39-35-30-24-22-20-18-16-13-10-7-2/h19,21,23,29,70-73,78H,6-18,20,22,24-28,30-69H2,1-5H3,(H,83,84)(H,85,86)/b21-19-,29-23-/t71-,72+,73+/m0/s1. The third-order valence-corrected chi connectivity index (χ3v) is 19.3. The minimum Gasteiger partial charge on any atom is -0.462 e. The van der Waals surface area contributed by atoms with Crippen LogP contribution in [0.1, 0.15) is 381 Å². The van der Waals surface area contributed by atoms with Crippen molar-refractivity contribution >= 4 is 39.5 Å². The number of ether oxygens (including phenoxy) is 4. The van der Waals surface area contributed by atoms with Gasteiger partial charge in [0.15, 0.2) is 12.2 Å². The third-order valence-electron chi connectivity index (χ3n) is 17.4. The van der Waals surface area contributed by atoms with Gasteiger partial charge in [0, 0.05) is 25.7 Å². The number of allylic oxidation sites excluding steroid dienone is 4.